The van der Waals surface area contributed by atoms with Crippen molar-refractivity contribution in [3.8, 4) is 0 Å². The summed E-state index contributed by atoms with van der Waals surface area (Å²) >= 11 is 5.49. The lowest BCUT2D eigenvalue weighted by atomic mass is 10.7. The molecule has 1 heterocycles. The van der Waals surface area contributed by atoms with Gasteiger partial charge in [0.05, 0.1) is 17.8 Å². The second-order valence-electron chi connectivity index (χ2n) is 1.61. The lowest BCUT2D eigenvalue weighted by molar-refractivity contribution is 0.427. The van der Waals surface area contributed by atoms with Gasteiger partial charge in [0.2, 0.25) is 0 Å². The van der Waals surface area contributed by atoms with Gasteiger partial charge in [0.1, 0.15) is 6.67 Å². The number of alkyl halides is 1. The van der Waals surface area contributed by atoms with E-state index in [9.17, 15) is 4.39 Å². The average Bonchev–Trinajstić information content (AvgIpc) is 2.17. The first-order valence-electron chi connectivity index (χ1n) is 2.57. The number of halogens is 2. The number of hydrogen-bond acceptors (Lipinski definition) is 1. The summed E-state index contributed by atoms with van der Waals surface area (Å²) in [6.45, 7) is -0.120. The zero-order valence-electron chi connectivity index (χ0n) is 4.72. The molecule has 2 nitrogen and oxygen atoms in total. The summed E-state index contributed by atoms with van der Waals surface area (Å²) in [5.41, 5.74) is 0. The molecule has 50 valence electrons. The molecule has 0 N–H and O–H groups in total. The summed E-state index contributed by atoms with van der Waals surface area (Å²) < 4.78 is 13.0. The van der Waals surface area contributed by atoms with Crippen molar-refractivity contribution < 1.29 is 4.39 Å². The molecule has 0 aliphatic heterocycles. The molecule has 0 saturated heterocycles. The Balaban J connectivity index is 2.61. The smallest absolute Gasteiger partial charge is 0.109 e. The summed E-state index contributed by atoms with van der Waals surface area (Å²) in [6, 6.07) is 0. The molecule has 0 saturated carbocycles. The Morgan fingerprint density at radius 1 is 1.78 bits per heavy atom. The third kappa shape index (κ3) is 1.68. The van der Waals surface area contributed by atoms with Crippen LogP contribution < -0.4 is 0 Å². The van der Waals surface area contributed by atoms with Gasteiger partial charge in [0.15, 0.2) is 0 Å². The van der Waals surface area contributed by atoms with Crippen molar-refractivity contribution in [2.75, 3.05) is 6.67 Å². The van der Waals surface area contributed by atoms with Crippen molar-refractivity contribution in [3.05, 3.63) is 17.4 Å². The maximum atomic E-state index is 11.6. The molecule has 1 aromatic rings. The van der Waals surface area contributed by atoms with Gasteiger partial charge < -0.3 is 0 Å². The Morgan fingerprint density at radius 2 is 2.56 bits per heavy atom. The van der Waals surface area contributed by atoms with E-state index in [1.807, 2.05) is 0 Å². The number of aromatic nitrogens is 2. The zero-order chi connectivity index (χ0) is 6.69. The highest BCUT2D eigenvalue weighted by molar-refractivity contribution is 6.30. The number of hydrogen-bond donors (Lipinski definition) is 0. The molecular weight excluding hydrogens is 143 g/mol. The molecule has 9 heavy (non-hydrogen) atoms. The van der Waals surface area contributed by atoms with Crippen molar-refractivity contribution >= 4 is 11.6 Å². The molecule has 0 aromatic carbocycles. The van der Waals surface area contributed by atoms with Crippen LogP contribution in [0, 0.1) is 0 Å². The van der Waals surface area contributed by atoms with Gasteiger partial charge >= 0.3 is 0 Å². The first kappa shape index (κ1) is 6.55. The predicted octanol–water partition coefficient (Wildman–Crippen LogP) is 1.51. The van der Waals surface area contributed by atoms with Gasteiger partial charge in [-0.25, -0.2) is 4.39 Å². The van der Waals surface area contributed by atoms with Crippen molar-refractivity contribution in [2.45, 2.75) is 6.54 Å². The zero-order valence-corrected chi connectivity index (χ0v) is 5.48. The minimum Gasteiger partial charge on any atom is -0.269 e. The molecule has 0 unspecified atom stereocenters. The molecule has 0 bridgehead atoms. The summed E-state index contributed by atoms with van der Waals surface area (Å²) in [7, 11) is 0. The summed E-state index contributed by atoms with van der Waals surface area (Å²) in [5, 5.41) is 4.30. The molecule has 0 aliphatic carbocycles. The average molecular weight is 149 g/mol. The normalized spacial score (nSPS) is 10.0. The molecule has 0 spiro atoms. The van der Waals surface area contributed by atoms with Crippen LogP contribution in [-0.2, 0) is 6.54 Å². The molecule has 1 aromatic heterocycles. The van der Waals surface area contributed by atoms with Crippen LogP contribution >= 0.6 is 11.6 Å². The van der Waals surface area contributed by atoms with E-state index in [1.165, 1.54) is 10.9 Å². The fraction of sp³-hybridized carbons (Fsp3) is 0.400. The van der Waals surface area contributed by atoms with Crippen molar-refractivity contribution in [3.63, 3.8) is 0 Å². The Labute approximate surface area is 57.2 Å². The van der Waals surface area contributed by atoms with E-state index >= 15 is 0 Å². The Bertz CT molecular complexity index is 187. The first-order chi connectivity index (χ1) is 4.33. The lowest BCUT2D eigenvalue weighted by Crippen LogP contribution is -1.98. The fourth-order valence-electron chi connectivity index (χ4n) is 0.547. The van der Waals surface area contributed by atoms with Crippen LogP contribution in [0.5, 0.6) is 0 Å². The molecule has 4 heteroatoms. The first-order valence-corrected chi connectivity index (χ1v) is 2.94. The van der Waals surface area contributed by atoms with Gasteiger partial charge in [-0.05, 0) is 0 Å². The van der Waals surface area contributed by atoms with Crippen LogP contribution in [0.25, 0.3) is 0 Å². The van der Waals surface area contributed by atoms with Gasteiger partial charge in [-0.1, -0.05) is 11.6 Å². The Morgan fingerprint density at radius 3 is 3.00 bits per heavy atom. The summed E-state index contributed by atoms with van der Waals surface area (Å²) in [6.07, 6.45) is 3.07. The van der Waals surface area contributed by atoms with Crippen molar-refractivity contribution in [1.82, 2.24) is 9.78 Å². The van der Waals surface area contributed by atoms with Crippen molar-refractivity contribution in [1.29, 1.82) is 0 Å². The maximum absolute atomic E-state index is 11.6. The quantitative estimate of drug-likeness (QED) is 0.622. The second-order valence-corrected chi connectivity index (χ2v) is 2.05. The van der Waals surface area contributed by atoms with Gasteiger partial charge in [-0.15, -0.1) is 0 Å². The van der Waals surface area contributed by atoms with Gasteiger partial charge in [0, 0.05) is 6.20 Å². The van der Waals surface area contributed by atoms with Crippen LogP contribution in [-0.4, -0.2) is 16.5 Å². The lowest BCUT2D eigenvalue weighted by Gasteiger charge is -1.91. The van der Waals surface area contributed by atoms with Crippen LogP contribution in [0.3, 0.4) is 0 Å². The molecule has 1 rings (SSSR count). The molecular formula is C5H6ClFN2. The van der Waals surface area contributed by atoms with Crippen LogP contribution in [0.15, 0.2) is 12.4 Å². The Kier molecular flexibility index (Phi) is 2.05. The van der Waals surface area contributed by atoms with E-state index in [1.54, 1.807) is 6.20 Å². The highest BCUT2D eigenvalue weighted by Crippen LogP contribution is 2.03. The highest BCUT2D eigenvalue weighted by Gasteiger charge is 1.92. The second kappa shape index (κ2) is 2.82. The van der Waals surface area contributed by atoms with Crippen molar-refractivity contribution in [2.24, 2.45) is 0 Å². The summed E-state index contributed by atoms with van der Waals surface area (Å²) in [4.78, 5) is 0. The molecule has 0 radical (unpaired) electrons. The predicted molar refractivity (Wildman–Crippen MR) is 33.2 cm³/mol. The molecule has 0 atom stereocenters. The van der Waals surface area contributed by atoms with Gasteiger partial charge in [-0.2, -0.15) is 5.10 Å². The van der Waals surface area contributed by atoms with E-state index in [-0.39, 0.29) is 6.54 Å². The number of nitrogens with zero attached hydrogens (tertiary/aromatic N) is 2. The van der Waals surface area contributed by atoms with E-state index in [0.29, 0.717) is 5.02 Å². The number of aryl methyl sites for hydroxylation is 1. The molecule has 0 amide bonds. The minimum absolute atomic E-state index is 0.284. The maximum Gasteiger partial charge on any atom is 0.109 e. The standard InChI is InChI=1S/C5H6ClFN2/c6-5-3-8-9(4-5)2-1-7/h3-4H,1-2H2. The van der Waals surface area contributed by atoms with Crippen LogP contribution in [0.4, 0.5) is 4.39 Å². The third-order valence-corrected chi connectivity index (χ3v) is 1.11. The topological polar surface area (TPSA) is 17.8 Å². The third-order valence-electron chi connectivity index (χ3n) is 0.915. The van der Waals surface area contributed by atoms with Gasteiger partial charge in [0.25, 0.3) is 0 Å². The minimum atomic E-state index is -0.405. The van der Waals surface area contributed by atoms with Gasteiger partial charge in [-0.3, -0.25) is 4.68 Å². The fourth-order valence-corrected chi connectivity index (χ4v) is 0.704. The largest absolute Gasteiger partial charge is 0.269 e. The van der Waals surface area contributed by atoms with E-state index in [2.05, 4.69) is 5.10 Å². The van der Waals surface area contributed by atoms with E-state index in [4.69, 9.17) is 11.6 Å². The Hall–Kier alpha value is -0.570. The van der Waals surface area contributed by atoms with Crippen LogP contribution in [0.2, 0.25) is 5.02 Å². The highest BCUT2D eigenvalue weighted by atomic mass is 35.5. The monoisotopic (exact) mass is 148 g/mol. The van der Waals surface area contributed by atoms with E-state index < -0.39 is 6.67 Å². The SMILES string of the molecule is FCCn1cc(Cl)cn1. The number of rotatable bonds is 2. The summed E-state index contributed by atoms with van der Waals surface area (Å²) in [5.74, 6) is 0. The van der Waals surface area contributed by atoms with Crippen LogP contribution in [0.1, 0.15) is 0 Å². The molecule has 0 fully saturated rings. The molecule has 0 aliphatic rings. The van der Waals surface area contributed by atoms with E-state index in [0.717, 1.165) is 0 Å².